The van der Waals surface area contributed by atoms with Crippen molar-refractivity contribution in [2.45, 2.75) is 31.1 Å². The Morgan fingerprint density at radius 3 is 2.52 bits per heavy atom. The van der Waals surface area contributed by atoms with Gasteiger partial charge in [0.25, 0.3) is 0 Å². The van der Waals surface area contributed by atoms with Crippen LogP contribution in [0.1, 0.15) is 24.0 Å². The van der Waals surface area contributed by atoms with Crippen molar-refractivity contribution >= 4 is 15.8 Å². The molecule has 0 saturated carbocycles. The van der Waals surface area contributed by atoms with Crippen LogP contribution in [0.15, 0.2) is 29.3 Å². The van der Waals surface area contributed by atoms with Gasteiger partial charge in [-0.25, -0.2) is 8.42 Å². The Balaban J connectivity index is 2.07. The lowest BCUT2D eigenvalue weighted by Gasteiger charge is -2.36. The molecule has 0 radical (unpaired) electrons. The van der Waals surface area contributed by atoms with Crippen molar-refractivity contribution in [2.24, 2.45) is 4.99 Å². The van der Waals surface area contributed by atoms with E-state index in [9.17, 15) is 8.42 Å². The highest BCUT2D eigenvalue weighted by molar-refractivity contribution is 7.92. The summed E-state index contributed by atoms with van der Waals surface area (Å²) in [6.07, 6.45) is 2.34. The SMILES string of the molecule is CN=C(NCC1(S(C)(=O)=O)CCOCC1)N(C)Cc1ccccc1C. The van der Waals surface area contributed by atoms with Crippen molar-refractivity contribution in [3.63, 3.8) is 0 Å². The maximum Gasteiger partial charge on any atom is 0.193 e. The molecule has 1 N–H and O–H groups in total. The first kappa shape index (κ1) is 19.7. The second kappa shape index (κ2) is 8.19. The Kier molecular flexibility index (Phi) is 6.46. The molecule has 1 aromatic carbocycles. The molecule has 7 heteroatoms. The molecule has 0 aliphatic carbocycles. The van der Waals surface area contributed by atoms with Gasteiger partial charge in [0.15, 0.2) is 15.8 Å². The summed E-state index contributed by atoms with van der Waals surface area (Å²) in [5, 5.41) is 3.27. The third-order valence-corrected chi connectivity index (χ3v) is 7.13. The first-order chi connectivity index (χ1) is 11.8. The fourth-order valence-electron chi connectivity index (χ4n) is 3.16. The molecule has 0 aromatic heterocycles. The van der Waals surface area contributed by atoms with Gasteiger partial charge in [0.05, 0.1) is 4.75 Å². The Morgan fingerprint density at radius 2 is 1.96 bits per heavy atom. The van der Waals surface area contributed by atoms with Crippen LogP contribution in [0, 0.1) is 6.92 Å². The number of nitrogens with zero attached hydrogens (tertiary/aromatic N) is 2. The zero-order valence-electron chi connectivity index (χ0n) is 15.6. The van der Waals surface area contributed by atoms with Crippen LogP contribution in [0.3, 0.4) is 0 Å². The number of aliphatic imine (C=N–C) groups is 1. The highest BCUT2D eigenvalue weighted by atomic mass is 32.2. The average molecular weight is 368 g/mol. The molecule has 1 aliphatic rings. The monoisotopic (exact) mass is 367 g/mol. The summed E-state index contributed by atoms with van der Waals surface area (Å²) < 4.78 is 29.3. The number of aryl methyl sites for hydroxylation is 1. The van der Waals surface area contributed by atoms with Gasteiger partial charge >= 0.3 is 0 Å². The summed E-state index contributed by atoms with van der Waals surface area (Å²) in [7, 11) is 0.475. The van der Waals surface area contributed by atoms with Crippen molar-refractivity contribution in [2.75, 3.05) is 40.1 Å². The van der Waals surface area contributed by atoms with E-state index in [1.807, 2.05) is 24.1 Å². The Morgan fingerprint density at radius 1 is 1.32 bits per heavy atom. The number of rotatable bonds is 5. The van der Waals surface area contributed by atoms with Gasteiger partial charge in [-0.05, 0) is 30.9 Å². The van der Waals surface area contributed by atoms with Crippen molar-refractivity contribution < 1.29 is 13.2 Å². The third kappa shape index (κ3) is 4.73. The van der Waals surface area contributed by atoms with Gasteiger partial charge in [0.2, 0.25) is 0 Å². The number of guanidine groups is 1. The largest absolute Gasteiger partial charge is 0.381 e. The smallest absolute Gasteiger partial charge is 0.193 e. The highest BCUT2D eigenvalue weighted by Crippen LogP contribution is 2.28. The van der Waals surface area contributed by atoms with Gasteiger partial charge < -0.3 is 15.0 Å². The van der Waals surface area contributed by atoms with Gasteiger partial charge in [-0.3, -0.25) is 4.99 Å². The summed E-state index contributed by atoms with van der Waals surface area (Å²) in [5.41, 5.74) is 2.44. The summed E-state index contributed by atoms with van der Waals surface area (Å²) in [6.45, 7) is 4.10. The molecule has 1 fully saturated rings. The van der Waals surface area contributed by atoms with E-state index in [-0.39, 0.29) is 0 Å². The summed E-state index contributed by atoms with van der Waals surface area (Å²) in [6, 6.07) is 8.22. The molecule has 1 aliphatic heterocycles. The molecule has 1 heterocycles. The Hall–Kier alpha value is -1.60. The molecular formula is C18H29N3O3S. The normalized spacial score (nSPS) is 18.0. The van der Waals surface area contributed by atoms with Crippen LogP contribution in [0.25, 0.3) is 0 Å². The molecule has 0 amide bonds. The molecular weight excluding hydrogens is 338 g/mol. The Bertz CT molecular complexity index is 710. The van der Waals surface area contributed by atoms with E-state index in [2.05, 4.69) is 29.4 Å². The number of benzene rings is 1. The maximum atomic E-state index is 12.4. The van der Waals surface area contributed by atoms with E-state index in [0.717, 1.165) is 0 Å². The second-order valence-electron chi connectivity index (χ2n) is 6.75. The molecule has 6 nitrogen and oxygen atoms in total. The van der Waals surface area contributed by atoms with Crippen molar-refractivity contribution in [3.8, 4) is 0 Å². The maximum absolute atomic E-state index is 12.4. The van der Waals surface area contributed by atoms with Crippen molar-refractivity contribution in [1.29, 1.82) is 0 Å². The lowest BCUT2D eigenvalue weighted by Crippen LogP contribution is -2.53. The third-order valence-electron chi connectivity index (χ3n) is 5.00. The summed E-state index contributed by atoms with van der Waals surface area (Å²) in [5.74, 6) is 0.692. The first-order valence-corrected chi connectivity index (χ1v) is 10.4. The van der Waals surface area contributed by atoms with Crippen LogP contribution in [0.2, 0.25) is 0 Å². The number of nitrogens with one attached hydrogen (secondary N) is 1. The lowest BCUT2D eigenvalue weighted by atomic mass is 9.99. The first-order valence-electron chi connectivity index (χ1n) is 8.53. The number of hydrogen-bond donors (Lipinski definition) is 1. The van der Waals surface area contributed by atoms with Gasteiger partial charge in [0, 0.05) is 46.7 Å². The lowest BCUT2D eigenvalue weighted by molar-refractivity contribution is 0.0755. The average Bonchev–Trinajstić information content (AvgIpc) is 2.57. The molecule has 2 rings (SSSR count). The van der Waals surface area contributed by atoms with Crippen LogP contribution in [-0.2, 0) is 21.1 Å². The van der Waals surface area contributed by atoms with Gasteiger partial charge in [-0.2, -0.15) is 0 Å². The second-order valence-corrected chi connectivity index (χ2v) is 9.16. The van der Waals surface area contributed by atoms with Crippen LogP contribution < -0.4 is 5.32 Å². The Labute approximate surface area is 151 Å². The number of hydrogen-bond acceptors (Lipinski definition) is 4. The van der Waals surface area contributed by atoms with Crippen molar-refractivity contribution in [1.82, 2.24) is 10.2 Å². The van der Waals surface area contributed by atoms with E-state index in [1.165, 1.54) is 17.4 Å². The predicted molar refractivity (Wildman–Crippen MR) is 102 cm³/mol. The van der Waals surface area contributed by atoms with E-state index >= 15 is 0 Å². The number of sulfone groups is 1. The van der Waals surface area contributed by atoms with Crippen LogP contribution in [0.4, 0.5) is 0 Å². The molecule has 0 atom stereocenters. The van der Waals surface area contributed by atoms with Crippen LogP contribution in [0.5, 0.6) is 0 Å². The fraction of sp³-hybridized carbons (Fsp3) is 0.611. The predicted octanol–water partition coefficient (Wildman–Crippen LogP) is 1.60. The summed E-state index contributed by atoms with van der Waals surface area (Å²) in [4.78, 5) is 6.33. The van der Waals surface area contributed by atoms with Crippen LogP contribution in [-0.4, -0.2) is 64.1 Å². The molecule has 0 bridgehead atoms. The molecule has 0 spiro atoms. The van der Waals surface area contributed by atoms with E-state index in [0.29, 0.717) is 45.1 Å². The standard InChI is InChI=1S/C18H29N3O3S/c1-15-7-5-6-8-16(15)13-21(3)17(19-2)20-14-18(25(4,22)23)9-11-24-12-10-18/h5-8H,9-14H2,1-4H3,(H,19,20). The molecule has 1 aromatic rings. The molecule has 140 valence electrons. The van der Waals surface area contributed by atoms with Gasteiger partial charge in [0.1, 0.15) is 0 Å². The van der Waals surface area contributed by atoms with E-state index in [4.69, 9.17) is 4.74 Å². The van der Waals surface area contributed by atoms with E-state index in [1.54, 1.807) is 7.05 Å². The molecule has 1 saturated heterocycles. The topological polar surface area (TPSA) is 71.0 Å². The minimum absolute atomic E-state index is 0.347. The quantitative estimate of drug-likeness (QED) is 0.632. The molecule has 25 heavy (non-hydrogen) atoms. The summed E-state index contributed by atoms with van der Waals surface area (Å²) >= 11 is 0. The van der Waals surface area contributed by atoms with Crippen molar-refractivity contribution in [3.05, 3.63) is 35.4 Å². The minimum Gasteiger partial charge on any atom is -0.381 e. The fourth-order valence-corrected chi connectivity index (χ4v) is 4.41. The van der Waals surface area contributed by atoms with E-state index < -0.39 is 14.6 Å². The minimum atomic E-state index is -3.20. The highest BCUT2D eigenvalue weighted by Gasteiger charge is 2.42. The number of ether oxygens (including phenoxy) is 1. The zero-order chi connectivity index (χ0) is 18.5. The zero-order valence-corrected chi connectivity index (χ0v) is 16.4. The van der Waals surface area contributed by atoms with Gasteiger partial charge in [-0.15, -0.1) is 0 Å². The van der Waals surface area contributed by atoms with Gasteiger partial charge in [-0.1, -0.05) is 24.3 Å². The molecule has 0 unspecified atom stereocenters. The van der Waals surface area contributed by atoms with Crippen LogP contribution >= 0.6 is 0 Å².